The van der Waals surface area contributed by atoms with E-state index in [-0.39, 0.29) is 11.8 Å². The number of carbonyl (C=O) groups is 2. The van der Waals surface area contributed by atoms with Gasteiger partial charge in [0.25, 0.3) is 0 Å². The van der Waals surface area contributed by atoms with E-state index in [0.29, 0.717) is 49.9 Å². The Bertz CT molecular complexity index is 850. The highest BCUT2D eigenvalue weighted by Gasteiger charge is 2.28. The molecule has 5 nitrogen and oxygen atoms in total. The van der Waals surface area contributed by atoms with Gasteiger partial charge in [-0.15, -0.1) is 0 Å². The van der Waals surface area contributed by atoms with Gasteiger partial charge in [-0.2, -0.15) is 0 Å². The van der Waals surface area contributed by atoms with E-state index in [4.69, 9.17) is 16.3 Å². The number of hydrogen-bond acceptors (Lipinski definition) is 3. The molecular weight excluding hydrogens is 424 g/mol. The van der Waals surface area contributed by atoms with Crippen LogP contribution < -0.4 is 10.1 Å². The molecule has 0 aliphatic rings. The molecule has 0 aromatic heterocycles. The van der Waals surface area contributed by atoms with Gasteiger partial charge in [0.1, 0.15) is 11.8 Å². The molecule has 0 saturated carbocycles. The fourth-order valence-corrected chi connectivity index (χ4v) is 3.45. The van der Waals surface area contributed by atoms with Crippen LogP contribution in [0.1, 0.15) is 51.2 Å². The minimum atomic E-state index is -0.500. The quantitative estimate of drug-likeness (QED) is 0.434. The second-order valence-electron chi connectivity index (χ2n) is 8.48. The monoisotopic (exact) mass is 458 g/mol. The Hall–Kier alpha value is -2.53. The Kier molecular flexibility index (Phi) is 10.5. The van der Waals surface area contributed by atoms with Gasteiger partial charge in [0, 0.05) is 24.5 Å². The molecule has 0 aliphatic carbocycles. The molecule has 2 rings (SSSR count). The highest BCUT2D eigenvalue weighted by molar-refractivity contribution is 6.30. The lowest BCUT2D eigenvalue weighted by atomic mass is 10.1. The summed E-state index contributed by atoms with van der Waals surface area (Å²) in [6.07, 6.45) is 1.44. The van der Waals surface area contributed by atoms with Crippen LogP contribution in [0, 0.1) is 12.8 Å². The molecule has 1 N–H and O–H groups in total. The SMILES string of the molecule is CC[C@@H](C(=O)NCC(C)C)N(Cc1ccc(C)cc1)C(=O)CCCOc1ccc(Cl)cc1. The van der Waals surface area contributed by atoms with Crippen LogP contribution in [0.3, 0.4) is 0 Å². The predicted octanol–water partition coefficient (Wildman–Crippen LogP) is 5.39. The van der Waals surface area contributed by atoms with Crippen molar-refractivity contribution in [1.29, 1.82) is 0 Å². The third kappa shape index (κ3) is 8.54. The number of hydrogen-bond donors (Lipinski definition) is 1. The Balaban J connectivity index is 2.03. The lowest BCUT2D eigenvalue weighted by molar-refractivity contribution is -0.141. The van der Waals surface area contributed by atoms with Crippen LogP contribution in [-0.4, -0.2) is 35.9 Å². The van der Waals surface area contributed by atoms with Crippen molar-refractivity contribution in [2.45, 2.75) is 59.5 Å². The Morgan fingerprint density at radius 3 is 2.31 bits per heavy atom. The smallest absolute Gasteiger partial charge is 0.242 e. The predicted molar refractivity (Wildman–Crippen MR) is 130 cm³/mol. The Morgan fingerprint density at radius 1 is 1.06 bits per heavy atom. The summed E-state index contributed by atoms with van der Waals surface area (Å²) in [5, 5.41) is 3.64. The zero-order valence-electron chi connectivity index (χ0n) is 19.6. The topological polar surface area (TPSA) is 58.6 Å². The van der Waals surface area contributed by atoms with Gasteiger partial charge < -0.3 is 15.0 Å². The van der Waals surface area contributed by atoms with Crippen LogP contribution in [0.25, 0.3) is 0 Å². The first kappa shape index (κ1) is 25.7. The van der Waals surface area contributed by atoms with E-state index >= 15 is 0 Å². The number of carbonyl (C=O) groups excluding carboxylic acids is 2. The number of rotatable bonds is 12. The van der Waals surface area contributed by atoms with Crippen LogP contribution >= 0.6 is 11.6 Å². The van der Waals surface area contributed by atoms with Gasteiger partial charge in [-0.1, -0.05) is 62.2 Å². The number of halogens is 1. The molecule has 0 spiro atoms. The third-order valence-electron chi connectivity index (χ3n) is 5.16. The molecule has 0 bridgehead atoms. The number of aryl methyl sites for hydroxylation is 1. The summed E-state index contributed by atoms with van der Waals surface area (Å²) in [5.41, 5.74) is 2.17. The maximum atomic E-state index is 13.2. The molecule has 0 aliphatic heterocycles. The van der Waals surface area contributed by atoms with Crippen LogP contribution in [0.15, 0.2) is 48.5 Å². The molecule has 2 aromatic rings. The first-order chi connectivity index (χ1) is 15.3. The van der Waals surface area contributed by atoms with Crippen molar-refractivity contribution < 1.29 is 14.3 Å². The molecule has 2 aromatic carbocycles. The molecule has 0 unspecified atom stereocenters. The van der Waals surface area contributed by atoms with Gasteiger partial charge in [0.15, 0.2) is 0 Å². The molecule has 0 saturated heterocycles. The minimum Gasteiger partial charge on any atom is -0.494 e. The maximum Gasteiger partial charge on any atom is 0.242 e. The van der Waals surface area contributed by atoms with E-state index in [1.807, 2.05) is 38.1 Å². The molecule has 32 heavy (non-hydrogen) atoms. The van der Waals surface area contributed by atoms with Crippen molar-refractivity contribution in [3.8, 4) is 5.75 Å². The van der Waals surface area contributed by atoms with E-state index < -0.39 is 6.04 Å². The van der Waals surface area contributed by atoms with Crippen molar-refractivity contribution >= 4 is 23.4 Å². The number of amides is 2. The first-order valence-corrected chi connectivity index (χ1v) is 11.7. The van der Waals surface area contributed by atoms with Crippen LogP contribution in [0.2, 0.25) is 5.02 Å². The van der Waals surface area contributed by atoms with Crippen LogP contribution in [0.4, 0.5) is 0 Å². The summed E-state index contributed by atoms with van der Waals surface area (Å²) in [6.45, 7) is 9.50. The summed E-state index contributed by atoms with van der Waals surface area (Å²) in [4.78, 5) is 27.8. The number of benzene rings is 2. The van der Waals surface area contributed by atoms with E-state index in [0.717, 1.165) is 16.9 Å². The summed E-state index contributed by atoms with van der Waals surface area (Å²) in [5.74, 6) is 0.927. The van der Waals surface area contributed by atoms with Gasteiger partial charge in [-0.05, 0) is 55.5 Å². The van der Waals surface area contributed by atoms with Crippen molar-refractivity contribution in [3.05, 3.63) is 64.7 Å². The maximum absolute atomic E-state index is 13.2. The van der Waals surface area contributed by atoms with Crippen LogP contribution in [0.5, 0.6) is 5.75 Å². The summed E-state index contributed by atoms with van der Waals surface area (Å²) in [6, 6.07) is 14.7. The van der Waals surface area contributed by atoms with E-state index in [1.54, 1.807) is 29.2 Å². The fraction of sp³-hybridized carbons (Fsp3) is 0.462. The van der Waals surface area contributed by atoms with Gasteiger partial charge in [0.05, 0.1) is 6.61 Å². The van der Waals surface area contributed by atoms with E-state index in [9.17, 15) is 9.59 Å². The molecule has 2 amide bonds. The van der Waals surface area contributed by atoms with Gasteiger partial charge >= 0.3 is 0 Å². The van der Waals surface area contributed by atoms with Crippen molar-refractivity contribution in [2.24, 2.45) is 5.92 Å². The molecular formula is C26H35ClN2O3. The van der Waals surface area contributed by atoms with Crippen molar-refractivity contribution in [3.63, 3.8) is 0 Å². The fourth-order valence-electron chi connectivity index (χ4n) is 3.32. The van der Waals surface area contributed by atoms with Crippen molar-refractivity contribution in [2.75, 3.05) is 13.2 Å². The Labute approximate surface area is 197 Å². The molecule has 0 heterocycles. The first-order valence-electron chi connectivity index (χ1n) is 11.3. The second kappa shape index (κ2) is 13.1. The average molecular weight is 459 g/mol. The highest BCUT2D eigenvalue weighted by atomic mass is 35.5. The standard InChI is InChI=1S/C26H35ClN2O3/c1-5-24(26(31)28-17-19(2)3)29(18-21-10-8-20(4)9-11-21)25(30)7-6-16-32-23-14-12-22(27)13-15-23/h8-15,19,24H,5-7,16-18H2,1-4H3,(H,28,31)/t24-/m0/s1. The zero-order valence-corrected chi connectivity index (χ0v) is 20.3. The number of ether oxygens (including phenoxy) is 1. The molecule has 6 heteroatoms. The van der Waals surface area contributed by atoms with E-state index in [2.05, 4.69) is 19.2 Å². The highest BCUT2D eigenvalue weighted by Crippen LogP contribution is 2.17. The molecule has 174 valence electrons. The van der Waals surface area contributed by atoms with Crippen LogP contribution in [-0.2, 0) is 16.1 Å². The Morgan fingerprint density at radius 2 is 1.72 bits per heavy atom. The molecule has 0 fully saturated rings. The summed E-state index contributed by atoms with van der Waals surface area (Å²) in [7, 11) is 0. The van der Waals surface area contributed by atoms with Crippen molar-refractivity contribution in [1.82, 2.24) is 10.2 Å². The molecule has 0 radical (unpaired) electrons. The van der Waals surface area contributed by atoms with E-state index in [1.165, 1.54) is 0 Å². The lowest BCUT2D eigenvalue weighted by Crippen LogP contribution is -2.49. The summed E-state index contributed by atoms with van der Waals surface area (Å²) >= 11 is 5.89. The molecule has 1 atom stereocenters. The zero-order chi connectivity index (χ0) is 23.5. The lowest BCUT2D eigenvalue weighted by Gasteiger charge is -2.31. The second-order valence-corrected chi connectivity index (χ2v) is 8.91. The largest absolute Gasteiger partial charge is 0.494 e. The number of nitrogens with one attached hydrogen (secondary N) is 1. The minimum absolute atomic E-state index is 0.0446. The van der Waals surface area contributed by atoms with Gasteiger partial charge in [0.2, 0.25) is 11.8 Å². The van der Waals surface area contributed by atoms with Gasteiger partial charge in [-0.3, -0.25) is 9.59 Å². The third-order valence-corrected chi connectivity index (χ3v) is 5.41. The normalized spacial score (nSPS) is 11.8. The van der Waals surface area contributed by atoms with Gasteiger partial charge in [-0.25, -0.2) is 0 Å². The summed E-state index contributed by atoms with van der Waals surface area (Å²) < 4.78 is 5.71. The number of nitrogens with zero attached hydrogens (tertiary/aromatic N) is 1. The average Bonchev–Trinajstić information content (AvgIpc) is 2.77.